The van der Waals surface area contributed by atoms with Gasteiger partial charge in [0.2, 0.25) is 0 Å². The van der Waals surface area contributed by atoms with Gasteiger partial charge in [-0.2, -0.15) is 0 Å². The topological polar surface area (TPSA) is 70.6 Å². The number of alkyl carbamates (subject to hydrolysis) is 1. The molecule has 1 aliphatic rings. The standard InChI is InChI=1S/C17H34N2O3/c1-6-17(7-2,12-20)11-18-10-14(13-8-9-13)19-15(21)22-16(3,4)5/h13-14,18,20H,6-12H2,1-5H3,(H,19,21). The summed E-state index contributed by atoms with van der Waals surface area (Å²) < 4.78 is 5.34. The number of carbonyl (C=O) groups is 1. The van der Waals surface area contributed by atoms with E-state index in [1.165, 1.54) is 0 Å². The fourth-order valence-electron chi connectivity index (χ4n) is 2.57. The Labute approximate surface area is 135 Å². The van der Waals surface area contributed by atoms with Crippen molar-refractivity contribution < 1.29 is 14.6 Å². The Morgan fingerprint density at radius 1 is 1.27 bits per heavy atom. The molecule has 0 aromatic heterocycles. The lowest BCUT2D eigenvalue weighted by atomic mass is 9.83. The number of hydrogen-bond donors (Lipinski definition) is 3. The summed E-state index contributed by atoms with van der Waals surface area (Å²) in [5.41, 5.74) is -0.526. The third kappa shape index (κ3) is 6.53. The molecule has 3 N–H and O–H groups in total. The predicted octanol–water partition coefficient (Wildman–Crippen LogP) is 2.68. The monoisotopic (exact) mass is 314 g/mol. The molecule has 1 rings (SSSR count). The van der Waals surface area contributed by atoms with Crippen LogP contribution >= 0.6 is 0 Å². The number of aliphatic hydroxyl groups is 1. The highest BCUT2D eigenvalue weighted by Crippen LogP contribution is 2.33. The Bertz CT molecular complexity index is 336. The smallest absolute Gasteiger partial charge is 0.407 e. The average Bonchev–Trinajstić information content (AvgIpc) is 3.25. The van der Waals surface area contributed by atoms with E-state index in [1.54, 1.807) is 0 Å². The summed E-state index contributed by atoms with van der Waals surface area (Å²) in [5.74, 6) is 0.548. The van der Waals surface area contributed by atoms with Gasteiger partial charge in [-0.1, -0.05) is 13.8 Å². The SMILES string of the molecule is CCC(CC)(CO)CNCC(NC(=O)OC(C)(C)C)C1CC1. The first kappa shape index (κ1) is 19.2. The largest absolute Gasteiger partial charge is 0.444 e. The Hall–Kier alpha value is -0.810. The lowest BCUT2D eigenvalue weighted by Crippen LogP contribution is -2.47. The summed E-state index contributed by atoms with van der Waals surface area (Å²) in [6, 6.07) is 0.111. The zero-order chi connectivity index (χ0) is 16.8. The summed E-state index contributed by atoms with van der Waals surface area (Å²) in [5, 5.41) is 16.0. The highest BCUT2D eigenvalue weighted by Gasteiger charge is 2.34. The number of carbonyl (C=O) groups excluding carboxylic acids is 1. The van der Waals surface area contributed by atoms with Crippen LogP contribution in [0.4, 0.5) is 4.79 Å². The van der Waals surface area contributed by atoms with E-state index in [1.807, 2.05) is 20.8 Å². The van der Waals surface area contributed by atoms with Gasteiger partial charge in [-0.3, -0.25) is 0 Å². The fraction of sp³-hybridized carbons (Fsp3) is 0.941. The van der Waals surface area contributed by atoms with Crippen LogP contribution in [0.15, 0.2) is 0 Å². The second-order valence-electron chi connectivity index (χ2n) is 7.59. The van der Waals surface area contributed by atoms with E-state index in [-0.39, 0.29) is 24.2 Å². The Kier molecular flexibility index (Phi) is 7.13. The molecule has 0 heterocycles. The highest BCUT2D eigenvalue weighted by atomic mass is 16.6. The van der Waals surface area contributed by atoms with E-state index in [9.17, 15) is 9.90 Å². The average molecular weight is 314 g/mol. The van der Waals surface area contributed by atoms with Crippen LogP contribution in [0.1, 0.15) is 60.3 Å². The first-order valence-electron chi connectivity index (χ1n) is 8.56. The van der Waals surface area contributed by atoms with E-state index in [4.69, 9.17) is 4.74 Å². The zero-order valence-electron chi connectivity index (χ0n) is 14.9. The molecular weight excluding hydrogens is 280 g/mol. The van der Waals surface area contributed by atoms with Crippen LogP contribution < -0.4 is 10.6 Å². The minimum atomic E-state index is -0.470. The summed E-state index contributed by atoms with van der Waals surface area (Å²) >= 11 is 0. The molecule has 0 radical (unpaired) electrons. The van der Waals surface area contributed by atoms with Gasteiger partial charge in [0.25, 0.3) is 0 Å². The van der Waals surface area contributed by atoms with Gasteiger partial charge in [-0.15, -0.1) is 0 Å². The first-order valence-corrected chi connectivity index (χ1v) is 8.56. The third-order valence-electron chi connectivity index (χ3n) is 4.59. The molecule has 1 saturated carbocycles. The van der Waals surface area contributed by atoms with Gasteiger partial charge < -0.3 is 20.5 Å². The number of ether oxygens (including phenoxy) is 1. The van der Waals surface area contributed by atoms with E-state index in [2.05, 4.69) is 24.5 Å². The van der Waals surface area contributed by atoms with Crippen molar-refractivity contribution in [2.75, 3.05) is 19.7 Å². The number of rotatable bonds is 9. The maximum Gasteiger partial charge on any atom is 0.407 e. The molecular formula is C17H34N2O3. The second-order valence-corrected chi connectivity index (χ2v) is 7.59. The van der Waals surface area contributed by atoms with Gasteiger partial charge >= 0.3 is 6.09 Å². The molecule has 1 fully saturated rings. The summed E-state index contributed by atoms with van der Waals surface area (Å²) in [4.78, 5) is 11.9. The normalized spacial score (nSPS) is 17.2. The van der Waals surface area contributed by atoms with Crippen LogP contribution in [-0.4, -0.2) is 42.5 Å². The minimum absolute atomic E-state index is 0.0555. The Morgan fingerprint density at radius 3 is 2.27 bits per heavy atom. The van der Waals surface area contributed by atoms with Gasteiger partial charge in [0.1, 0.15) is 5.60 Å². The summed E-state index contributed by atoms with van der Waals surface area (Å²) in [6.45, 7) is 11.5. The first-order chi connectivity index (χ1) is 10.2. The number of hydrogen-bond acceptors (Lipinski definition) is 4. The van der Waals surface area contributed by atoms with E-state index in [0.717, 1.165) is 38.8 Å². The fourth-order valence-corrected chi connectivity index (χ4v) is 2.57. The molecule has 1 atom stereocenters. The van der Waals surface area contributed by atoms with Crippen molar-refractivity contribution in [1.29, 1.82) is 0 Å². The molecule has 130 valence electrons. The molecule has 5 heteroatoms. The molecule has 1 unspecified atom stereocenters. The van der Waals surface area contributed by atoms with Crippen molar-refractivity contribution in [1.82, 2.24) is 10.6 Å². The Morgan fingerprint density at radius 2 is 1.86 bits per heavy atom. The lowest BCUT2D eigenvalue weighted by molar-refractivity contribution is 0.0494. The van der Waals surface area contributed by atoms with Crippen molar-refractivity contribution in [3.05, 3.63) is 0 Å². The lowest BCUT2D eigenvalue weighted by Gasteiger charge is -2.31. The van der Waals surface area contributed by atoms with Crippen molar-refractivity contribution >= 4 is 6.09 Å². The van der Waals surface area contributed by atoms with Crippen LogP contribution in [0.2, 0.25) is 0 Å². The predicted molar refractivity (Wildman–Crippen MR) is 88.9 cm³/mol. The number of nitrogens with one attached hydrogen (secondary N) is 2. The number of amides is 1. The van der Waals surface area contributed by atoms with Crippen molar-refractivity contribution in [3.63, 3.8) is 0 Å². The van der Waals surface area contributed by atoms with Gasteiger partial charge in [0.15, 0.2) is 0 Å². The Balaban J connectivity index is 2.43. The third-order valence-corrected chi connectivity index (χ3v) is 4.59. The van der Waals surface area contributed by atoms with Gasteiger partial charge in [0.05, 0.1) is 0 Å². The zero-order valence-corrected chi connectivity index (χ0v) is 14.9. The molecule has 0 saturated heterocycles. The molecule has 1 amide bonds. The van der Waals surface area contributed by atoms with Crippen LogP contribution in [0.3, 0.4) is 0 Å². The van der Waals surface area contributed by atoms with Gasteiger partial charge in [-0.25, -0.2) is 4.79 Å². The summed E-state index contributed by atoms with van der Waals surface area (Å²) in [7, 11) is 0. The second kappa shape index (κ2) is 8.16. The molecule has 0 spiro atoms. The van der Waals surface area contributed by atoms with Crippen LogP contribution in [0.25, 0.3) is 0 Å². The minimum Gasteiger partial charge on any atom is -0.444 e. The number of aliphatic hydroxyl groups excluding tert-OH is 1. The van der Waals surface area contributed by atoms with Crippen molar-refractivity contribution in [2.24, 2.45) is 11.3 Å². The summed E-state index contributed by atoms with van der Waals surface area (Å²) in [6.07, 6.45) is 3.87. The van der Waals surface area contributed by atoms with Crippen LogP contribution in [-0.2, 0) is 4.74 Å². The maximum absolute atomic E-state index is 11.9. The molecule has 5 nitrogen and oxygen atoms in total. The van der Waals surface area contributed by atoms with E-state index >= 15 is 0 Å². The van der Waals surface area contributed by atoms with E-state index in [0.29, 0.717) is 5.92 Å². The molecule has 0 aromatic rings. The highest BCUT2D eigenvalue weighted by molar-refractivity contribution is 5.68. The van der Waals surface area contributed by atoms with Gasteiger partial charge in [-0.05, 0) is 52.4 Å². The molecule has 0 aliphatic heterocycles. The maximum atomic E-state index is 11.9. The van der Waals surface area contributed by atoms with E-state index < -0.39 is 5.60 Å². The van der Waals surface area contributed by atoms with Crippen molar-refractivity contribution in [3.8, 4) is 0 Å². The molecule has 0 bridgehead atoms. The van der Waals surface area contributed by atoms with Crippen LogP contribution in [0.5, 0.6) is 0 Å². The van der Waals surface area contributed by atoms with Crippen LogP contribution in [0, 0.1) is 11.3 Å². The molecule has 22 heavy (non-hydrogen) atoms. The van der Waals surface area contributed by atoms with Gasteiger partial charge in [0, 0.05) is 31.2 Å². The quantitative estimate of drug-likeness (QED) is 0.612. The molecule has 0 aromatic carbocycles. The molecule has 1 aliphatic carbocycles. The van der Waals surface area contributed by atoms with Crippen molar-refractivity contribution in [2.45, 2.75) is 71.9 Å².